The van der Waals surface area contributed by atoms with Gasteiger partial charge in [0.2, 0.25) is 15.9 Å². The van der Waals surface area contributed by atoms with E-state index in [-0.39, 0.29) is 0 Å². The van der Waals surface area contributed by atoms with E-state index < -0.39 is 38.6 Å². The summed E-state index contributed by atoms with van der Waals surface area (Å²) < 4.78 is 66.0. The van der Waals surface area contributed by atoms with Crippen LogP contribution in [0.5, 0.6) is 0 Å². The smallest absolute Gasteiger partial charge is 0.341 e. The number of nitrogens with two attached hydrogens (primary N) is 1. The van der Waals surface area contributed by atoms with Crippen molar-refractivity contribution in [1.29, 1.82) is 0 Å². The van der Waals surface area contributed by atoms with E-state index in [1.807, 2.05) is 0 Å². The first-order valence-corrected chi connectivity index (χ1v) is 9.72. The number of amides is 1. The molecular formula is C16H22F3N3O3S. The van der Waals surface area contributed by atoms with Crippen molar-refractivity contribution in [2.75, 3.05) is 19.6 Å². The molecule has 0 aliphatic carbocycles. The Kier molecular flexibility index (Phi) is 6.30. The normalized spacial score (nSPS) is 18.0. The van der Waals surface area contributed by atoms with Crippen LogP contribution >= 0.6 is 0 Å². The lowest BCUT2D eigenvalue weighted by Crippen LogP contribution is -2.49. The molecule has 1 atom stereocenters. The van der Waals surface area contributed by atoms with E-state index in [2.05, 4.69) is 4.72 Å². The van der Waals surface area contributed by atoms with Gasteiger partial charge in [0.1, 0.15) is 0 Å². The molecule has 1 unspecified atom stereocenters. The topological polar surface area (TPSA) is 92.5 Å². The maximum absolute atomic E-state index is 13.1. The lowest BCUT2D eigenvalue weighted by atomic mass is 9.97. The van der Waals surface area contributed by atoms with Gasteiger partial charge >= 0.3 is 6.18 Å². The van der Waals surface area contributed by atoms with Gasteiger partial charge in [0, 0.05) is 13.1 Å². The fourth-order valence-corrected chi connectivity index (χ4v) is 4.37. The molecule has 146 valence electrons. The van der Waals surface area contributed by atoms with E-state index in [0.29, 0.717) is 31.6 Å². The summed E-state index contributed by atoms with van der Waals surface area (Å²) in [6.07, 6.45) is -3.38. The number of nitrogens with one attached hydrogen (secondary N) is 1. The van der Waals surface area contributed by atoms with Gasteiger partial charge in [-0.15, -0.1) is 0 Å². The summed E-state index contributed by atoms with van der Waals surface area (Å²) in [6.45, 7) is 2.75. The molecular weight excluding hydrogens is 371 g/mol. The van der Waals surface area contributed by atoms with E-state index in [0.717, 1.165) is 25.0 Å². The molecule has 1 heterocycles. The van der Waals surface area contributed by atoms with Crippen LogP contribution in [0.4, 0.5) is 13.2 Å². The molecule has 0 saturated carbocycles. The number of rotatable bonds is 5. The average molecular weight is 393 g/mol. The van der Waals surface area contributed by atoms with Crippen molar-refractivity contribution >= 4 is 15.9 Å². The minimum Gasteiger partial charge on any atom is -0.341 e. The first-order valence-electron chi connectivity index (χ1n) is 8.23. The molecule has 0 spiro atoms. The van der Waals surface area contributed by atoms with Crippen molar-refractivity contribution < 1.29 is 26.4 Å². The molecule has 1 amide bonds. The summed E-state index contributed by atoms with van der Waals surface area (Å²) in [5.41, 5.74) is 4.33. The third-order valence-corrected chi connectivity index (χ3v) is 6.04. The van der Waals surface area contributed by atoms with Gasteiger partial charge in [-0.3, -0.25) is 4.79 Å². The summed E-state index contributed by atoms with van der Waals surface area (Å²) in [5.74, 6) is -0.141. The second-order valence-corrected chi connectivity index (χ2v) is 8.02. The number of halogens is 3. The van der Waals surface area contributed by atoms with Gasteiger partial charge in [-0.2, -0.15) is 17.9 Å². The van der Waals surface area contributed by atoms with Gasteiger partial charge in [0.25, 0.3) is 0 Å². The lowest BCUT2D eigenvalue weighted by molar-refractivity contribution is -0.139. The zero-order chi connectivity index (χ0) is 19.5. The van der Waals surface area contributed by atoms with Crippen molar-refractivity contribution in [1.82, 2.24) is 9.62 Å². The van der Waals surface area contributed by atoms with Crippen molar-refractivity contribution in [3.8, 4) is 0 Å². The first-order chi connectivity index (χ1) is 12.1. The highest BCUT2D eigenvalue weighted by Gasteiger charge is 2.38. The number of carbonyl (C=O) groups excluding carboxylic acids is 1. The van der Waals surface area contributed by atoms with Crippen LogP contribution in [0, 0.1) is 5.92 Å². The zero-order valence-electron chi connectivity index (χ0n) is 14.3. The molecule has 1 aromatic rings. The van der Waals surface area contributed by atoms with Gasteiger partial charge in [-0.1, -0.05) is 12.1 Å². The summed E-state index contributed by atoms with van der Waals surface area (Å²) in [5, 5.41) is 0. The predicted molar refractivity (Wildman–Crippen MR) is 89.6 cm³/mol. The maximum Gasteiger partial charge on any atom is 0.417 e. The van der Waals surface area contributed by atoms with Crippen LogP contribution < -0.4 is 10.5 Å². The van der Waals surface area contributed by atoms with Crippen LogP contribution in [0.25, 0.3) is 0 Å². The number of hydrogen-bond acceptors (Lipinski definition) is 4. The Labute approximate surface area is 150 Å². The lowest BCUT2D eigenvalue weighted by Gasteiger charge is -2.33. The van der Waals surface area contributed by atoms with E-state index in [9.17, 15) is 26.4 Å². The summed E-state index contributed by atoms with van der Waals surface area (Å²) in [7, 11) is -4.51. The van der Waals surface area contributed by atoms with Gasteiger partial charge < -0.3 is 10.6 Å². The molecule has 1 aromatic carbocycles. The molecule has 1 fully saturated rings. The SMILES string of the molecule is CC(NS(=O)(=O)c1ccccc1C(F)(F)F)C(=O)N1CCC(CN)CC1. The van der Waals surface area contributed by atoms with Gasteiger partial charge in [0.05, 0.1) is 16.5 Å². The number of sulfonamides is 1. The number of hydrogen-bond donors (Lipinski definition) is 2. The minimum atomic E-state index is -4.82. The number of nitrogens with zero attached hydrogens (tertiary/aromatic N) is 1. The number of benzene rings is 1. The largest absolute Gasteiger partial charge is 0.417 e. The molecule has 0 aromatic heterocycles. The molecule has 1 aliphatic heterocycles. The van der Waals surface area contributed by atoms with Crippen LogP contribution in [0.2, 0.25) is 0 Å². The zero-order valence-corrected chi connectivity index (χ0v) is 15.1. The highest BCUT2D eigenvalue weighted by atomic mass is 32.2. The number of likely N-dealkylation sites (tertiary alicyclic amines) is 1. The quantitative estimate of drug-likeness (QED) is 0.794. The van der Waals surface area contributed by atoms with Crippen LogP contribution in [0.1, 0.15) is 25.3 Å². The second kappa shape index (κ2) is 7.93. The Morgan fingerprint density at radius 2 is 1.88 bits per heavy atom. The molecule has 2 rings (SSSR count). The van der Waals surface area contributed by atoms with Crippen molar-refractivity contribution in [3.05, 3.63) is 29.8 Å². The average Bonchev–Trinajstić information content (AvgIpc) is 2.60. The fourth-order valence-electron chi connectivity index (χ4n) is 2.94. The molecule has 0 bridgehead atoms. The second-order valence-electron chi connectivity index (χ2n) is 6.34. The minimum absolute atomic E-state index is 0.324. The van der Waals surface area contributed by atoms with Crippen LogP contribution in [0.15, 0.2) is 29.2 Å². The fraction of sp³-hybridized carbons (Fsp3) is 0.562. The van der Waals surface area contributed by atoms with E-state index in [1.54, 1.807) is 0 Å². The Balaban J connectivity index is 2.13. The van der Waals surface area contributed by atoms with E-state index >= 15 is 0 Å². The first kappa shape index (κ1) is 20.7. The number of piperidine rings is 1. The van der Waals surface area contributed by atoms with Crippen LogP contribution in [-0.4, -0.2) is 44.9 Å². The van der Waals surface area contributed by atoms with E-state index in [4.69, 9.17) is 5.73 Å². The summed E-state index contributed by atoms with van der Waals surface area (Å²) in [4.78, 5) is 13.0. The van der Waals surface area contributed by atoms with Crippen molar-refractivity contribution in [3.63, 3.8) is 0 Å². The molecule has 10 heteroatoms. The molecule has 26 heavy (non-hydrogen) atoms. The maximum atomic E-state index is 13.1. The van der Waals surface area contributed by atoms with Crippen molar-refractivity contribution in [2.45, 2.75) is 36.9 Å². The monoisotopic (exact) mass is 393 g/mol. The molecule has 1 saturated heterocycles. The van der Waals surface area contributed by atoms with Crippen LogP contribution in [0.3, 0.4) is 0 Å². The Morgan fingerprint density at radius 3 is 2.42 bits per heavy atom. The predicted octanol–water partition coefficient (Wildman–Crippen LogP) is 1.57. The van der Waals surface area contributed by atoms with Gasteiger partial charge in [-0.05, 0) is 44.4 Å². The van der Waals surface area contributed by atoms with E-state index in [1.165, 1.54) is 17.9 Å². The van der Waals surface area contributed by atoms with Crippen molar-refractivity contribution in [2.24, 2.45) is 11.7 Å². The standard InChI is InChI=1S/C16H22F3N3O3S/c1-11(15(23)22-8-6-12(10-20)7-9-22)21-26(24,25)14-5-3-2-4-13(14)16(17,18)19/h2-5,11-12,21H,6-10,20H2,1H3. The molecule has 6 nitrogen and oxygen atoms in total. The number of carbonyl (C=O) groups is 1. The highest BCUT2D eigenvalue weighted by Crippen LogP contribution is 2.34. The Morgan fingerprint density at radius 1 is 1.31 bits per heavy atom. The summed E-state index contributed by atoms with van der Waals surface area (Å²) >= 11 is 0. The van der Waals surface area contributed by atoms with Crippen LogP contribution in [-0.2, 0) is 21.0 Å². The Bertz CT molecular complexity index is 745. The third kappa shape index (κ3) is 4.74. The highest BCUT2D eigenvalue weighted by molar-refractivity contribution is 7.89. The molecule has 0 radical (unpaired) electrons. The Hall–Kier alpha value is -1.65. The molecule has 1 aliphatic rings. The summed E-state index contributed by atoms with van der Waals surface area (Å²) in [6, 6.07) is 2.70. The van der Waals surface area contributed by atoms with Gasteiger partial charge in [0.15, 0.2) is 0 Å². The van der Waals surface area contributed by atoms with Gasteiger partial charge in [-0.25, -0.2) is 8.42 Å². The molecule has 3 N–H and O–H groups in total. The number of alkyl halides is 3. The third-order valence-electron chi connectivity index (χ3n) is 4.44.